The van der Waals surface area contributed by atoms with Crippen molar-refractivity contribution in [2.75, 3.05) is 18.1 Å². The normalized spacial score (nSPS) is 25.5. The van der Waals surface area contributed by atoms with E-state index in [4.69, 9.17) is 17.0 Å². The molecule has 1 N–H and O–H groups in total. The van der Waals surface area contributed by atoms with E-state index in [9.17, 15) is 8.42 Å². The van der Waals surface area contributed by atoms with Crippen molar-refractivity contribution in [2.24, 2.45) is 0 Å². The summed E-state index contributed by atoms with van der Waals surface area (Å²) in [6, 6.07) is -0.0657. The lowest BCUT2D eigenvalue weighted by molar-refractivity contribution is 0.315. The van der Waals surface area contributed by atoms with Crippen molar-refractivity contribution in [1.29, 1.82) is 0 Å². The van der Waals surface area contributed by atoms with Crippen molar-refractivity contribution in [3.63, 3.8) is 0 Å². The van der Waals surface area contributed by atoms with Crippen LogP contribution in [-0.4, -0.2) is 37.7 Å². The number of nitrogens with one attached hydrogen (secondary N) is 1. The molecule has 0 aromatic carbocycles. The lowest BCUT2D eigenvalue weighted by Gasteiger charge is -2.12. The van der Waals surface area contributed by atoms with E-state index in [1.165, 1.54) is 0 Å². The number of hydrogen-bond acceptors (Lipinski definition) is 4. The van der Waals surface area contributed by atoms with Crippen LogP contribution < -0.4 is 5.32 Å². The van der Waals surface area contributed by atoms with Gasteiger partial charge in [0, 0.05) is 6.04 Å². The lowest BCUT2D eigenvalue weighted by atomic mass is 10.3. The minimum atomic E-state index is -2.83. The van der Waals surface area contributed by atoms with E-state index in [1.54, 1.807) is 0 Å². The van der Waals surface area contributed by atoms with Crippen LogP contribution in [0.3, 0.4) is 0 Å². The van der Waals surface area contributed by atoms with Gasteiger partial charge in [-0.2, -0.15) is 0 Å². The van der Waals surface area contributed by atoms with E-state index < -0.39 is 9.84 Å². The first kappa shape index (κ1) is 10.7. The first-order valence-corrected chi connectivity index (χ1v) is 6.40. The first-order valence-electron chi connectivity index (χ1n) is 4.17. The van der Waals surface area contributed by atoms with Gasteiger partial charge in [0.1, 0.15) is 0 Å². The number of rotatable bonds is 2. The van der Waals surface area contributed by atoms with Crippen LogP contribution in [0.25, 0.3) is 0 Å². The Labute approximate surface area is 83.6 Å². The Hall–Kier alpha value is -0.360. The summed E-state index contributed by atoms with van der Waals surface area (Å²) in [7, 11) is -2.83. The maximum Gasteiger partial charge on any atom is 0.256 e. The molecule has 0 unspecified atom stereocenters. The Morgan fingerprint density at radius 3 is 2.85 bits per heavy atom. The van der Waals surface area contributed by atoms with Crippen molar-refractivity contribution in [2.45, 2.75) is 19.4 Å². The number of ether oxygens (including phenoxy) is 1. The Morgan fingerprint density at radius 2 is 2.38 bits per heavy atom. The van der Waals surface area contributed by atoms with Crippen LogP contribution in [0.15, 0.2) is 0 Å². The van der Waals surface area contributed by atoms with Crippen molar-refractivity contribution < 1.29 is 13.2 Å². The monoisotopic (exact) mass is 223 g/mol. The third-order valence-electron chi connectivity index (χ3n) is 1.83. The highest BCUT2D eigenvalue weighted by molar-refractivity contribution is 7.91. The molecule has 0 aliphatic carbocycles. The zero-order valence-corrected chi connectivity index (χ0v) is 9.08. The van der Waals surface area contributed by atoms with E-state index in [1.807, 2.05) is 6.92 Å². The molecule has 4 nitrogen and oxygen atoms in total. The predicted octanol–water partition coefficient (Wildman–Crippen LogP) is 0.0845. The van der Waals surface area contributed by atoms with Gasteiger partial charge in [0.2, 0.25) is 0 Å². The van der Waals surface area contributed by atoms with E-state index in [0.717, 1.165) is 0 Å². The van der Waals surface area contributed by atoms with Gasteiger partial charge in [-0.25, -0.2) is 8.42 Å². The average molecular weight is 223 g/mol. The molecule has 0 amide bonds. The van der Waals surface area contributed by atoms with Gasteiger partial charge >= 0.3 is 0 Å². The van der Waals surface area contributed by atoms with Crippen LogP contribution in [0.2, 0.25) is 0 Å². The van der Waals surface area contributed by atoms with Crippen LogP contribution in [0.4, 0.5) is 0 Å². The second-order valence-electron chi connectivity index (χ2n) is 2.96. The summed E-state index contributed by atoms with van der Waals surface area (Å²) in [6.45, 7) is 2.34. The van der Waals surface area contributed by atoms with Crippen LogP contribution >= 0.6 is 12.2 Å². The third kappa shape index (κ3) is 3.48. The quantitative estimate of drug-likeness (QED) is 0.672. The zero-order valence-electron chi connectivity index (χ0n) is 7.45. The molecule has 0 aromatic rings. The number of sulfone groups is 1. The molecule has 1 saturated heterocycles. The highest BCUT2D eigenvalue weighted by Crippen LogP contribution is 2.11. The molecule has 1 rings (SSSR count). The second-order valence-corrected chi connectivity index (χ2v) is 5.56. The summed E-state index contributed by atoms with van der Waals surface area (Å²) >= 11 is 4.84. The minimum absolute atomic E-state index is 0.0657. The van der Waals surface area contributed by atoms with Gasteiger partial charge in [-0.1, -0.05) is 0 Å². The van der Waals surface area contributed by atoms with E-state index in [0.29, 0.717) is 18.2 Å². The van der Waals surface area contributed by atoms with Crippen LogP contribution in [0.1, 0.15) is 13.3 Å². The molecule has 1 aliphatic rings. The minimum Gasteiger partial charge on any atom is -0.471 e. The second kappa shape index (κ2) is 4.23. The molecule has 0 aromatic heterocycles. The summed E-state index contributed by atoms with van der Waals surface area (Å²) in [5, 5.41) is 3.16. The maximum atomic E-state index is 11.1. The number of hydrogen-bond donors (Lipinski definition) is 1. The first-order chi connectivity index (χ1) is 6.03. The highest BCUT2D eigenvalue weighted by Gasteiger charge is 2.28. The Morgan fingerprint density at radius 1 is 1.69 bits per heavy atom. The molecule has 13 heavy (non-hydrogen) atoms. The molecule has 1 fully saturated rings. The van der Waals surface area contributed by atoms with Crippen LogP contribution in [-0.2, 0) is 14.6 Å². The largest absolute Gasteiger partial charge is 0.471 e. The molecular formula is C7H13NO3S2. The molecule has 1 atom stereocenters. The molecule has 6 heteroatoms. The van der Waals surface area contributed by atoms with Crippen LogP contribution in [0.5, 0.6) is 0 Å². The van der Waals surface area contributed by atoms with Gasteiger partial charge in [-0.05, 0) is 25.6 Å². The van der Waals surface area contributed by atoms with E-state index in [2.05, 4.69) is 5.32 Å². The molecule has 76 valence electrons. The highest BCUT2D eigenvalue weighted by atomic mass is 32.2. The van der Waals surface area contributed by atoms with Gasteiger partial charge in [0.15, 0.2) is 9.84 Å². The fourth-order valence-corrected chi connectivity index (χ4v) is 3.21. The fraction of sp³-hybridized carbons (Fsp3) is 0.857. The smallest absolute Gasteiger partial charge is 0.256 e. The molecule has 1 aliphatic heterocycles. The molecule has 0 radical (unpaired) electrons. The predicted molar refractivity (Wildman–Crippen MR) is 54.4 cm³/mol. The average Bonchev–Trinajstić information content (AvgIpc) is 2.30. The van der Waals surface area contributed by atoms with Crippen molar-refractivity contribution in [3.05, 3.63) is 0 Å². The lowest BCUT2D eigenvalue weighted by Crippen LogP contribution is -2.35. The Bertz CT molecular complexity index is 286. The molecule has 0 spiro atoms. The van der Waals surface area contributed by atoms with Crippen molar-refractivity contribution in [1.82, 2.24) is 5.32 Å². The number of thiocarbonyl (C=S) groups is 1. The zero-order chi connectivity index (χ0) is 9.90. The molecular weight excluding hydrogens is 210 g/mol. The van der Waals surface area contributed by atoms with E-state index in [-0.39, 0.29) is 17.5 Å². The third-order valence-corrected chi connectivity index (χ3v) is 3.83. The van der Waals surface area contributed by atoms with Gasteiger partial charge < -0.3 is 10.1 Å². The Balaban J connectivity index is 2.36. The van der Waals surface area contributed by atoms with Crippen LogP contribution in [0, 0.1) is 0 Å². The molecule has 0 saturated carbocycles. The molecule has 0 bridgehead atoms. The summed E-state index contributed by atoms with van der Waals surface area (Å²) < 4.78 is 27.1. The maximum absolute atomic E-state index is 11.1. The van der Waals surface area contributed by atoms with Crippen molar-refractivity contribution >= 4 is 27.2 Å². The van der Waals surface area contributed by atoms with Gasteiger partial charge in [0.25, 0.3) is 5.17 Å². The summed E-state index contributed by atoms with van der Waals surface area (Å²) in [5.74, 6) is 0.416. The van der Waals surface area contributed by atoms with Gasteiger partial charge in [-0.15, -0.1) is 0 Å². The summed E-state index contributed by atoms with van der Waals surface area (Å²) in [4.78, 5) is 0. The fourth-order valence-electron chi connectivity index (χ4n) is 1.25. The Kier molecular flexibility index (Phi) is 3.49. The molecule has 1 heterocycles. The van der Waals surface area contributed by atoms with E-state index >= 15 is 0 Å². The summed E-state index contributed by atoms with van der Waals surface area (Å²) in [5.41, 5.74) is 0. The van der Waals surface area contributed by atoms with Gasteiger partial charge in [-0.3, -0.25) is 0 Å². The van der Waals surface area contributed by atoms with Crippen molar-refractivity contribution in [3.8, 4) is 0 Å². The topological polar surface area (TPSA) is 55.4 Å². The van der Waals surface area contributed by atoms with Gasteiger partial charge in [0.05, 0.1) is 18.1 Å². The standard InChI is InChI=1S/C7H13NO3S2/c1-2-11-7(12)8-6-3-4-13(9,10)5-6/h6H,2-5H2,1H3,(H,8,12)/t6-/m1/s1. The summed E-state index contributed by atoms with van der Waals surface area (Å²) in [6.07, 6.45) is 0.621. The SMILES string of the molecule is CCOC(=S)N[C@@H]1CCS(=O)(=O)C1.